The summed E-state index contributed by atoms with van der Waals surface area (Å²) in [4.78, 5) is 59.4. The number of thiazole rings is 1. The van der Waals surface area contributed by atoms with Crippen molar-refractivity contribution in [3.63, 3.8) is 0 Å². The number of anilines is 1. The van der Waals surface area contributed by atoms with Gasteiger partial charge in [0.2, 0.25) is 11.8 Å². The molecule has 240 valence electrons. The highest BCUT2D eigenvalue weighted by Crippen LogP contribution is 2.68. The Kier molecular flexibility index (Phi) is 7.13. The van der Waals surface area contributed by atoms with Gasteiger partial charge in [0.25, 0.3) is 5.91 Å². The number of hydrogen-bond donors (Lipinski definition) is 1. The Hall–Kier alpha value is -3.58. The fourth-order valence-electron chi connectivity index (χ4n) is 8.62. The molecular weight excluding hydrogens is 640 g/mol. The number of ether oxygens (including phenoxy) is 1. The highest BCUT2D eigenvalue weighted by Gasteiger charge is 2.69. The van der Waals surface area contributed by atoms with Crippen LogP contribution in [0.3, 0.4) is 0 Å². The molecular formula is C33H30F3N3O5S2. The number of benzene rings is 2. The molecule has 2 aliphatic carbocycles. The van der Waals surface area contributed by atoms with Crippen LogP contribution in [-0.4, -0.2) is 52.6 Å². The largest absolute Gasteiger partial charge is 0.484 e. The normalized spacial score (nSPS) is 29.9. The lowest BCUT2D eigenvalue weighted by molar-refractivity contribution is -0.137. The molecule has 6 unspecified atom stereocenters. The van der Waals surface area contributed by atoms with Crippen LogP contribution in [0.4, 0.5) is 18.9 Å². The molecule has 5 aliphatic rings. The van der Waals surface area contributed by atoms with E-state index in [2.05, 4.69) is 4.98 Å². The lowest BCUT2D eigenvalue weighted by Gasteiger charge is -2.43. The zero-order valence-electron chi connectivity index (χ0n) is 24.5. The van der Waals surface area contributed by atoms with E-state index in [4.69, 9.17) is 4.74 Å². The number of likely N-dealkylation sites (tertiary alicyclic amines) is 1. The summed E-state index contributed by atoms with van der Waals surface area (Å²) in [6.07, 6.45) is -0.801. The smallest absolute Gasteiger partial charge is 0.416 e. The molecule has 46 heavy (non-hydrogen) atoms. The van der Waals surface area contributed by atoms with Crippen LogP contribution in [0.2, 0.25) is 0 Å². The molecule has 2 saturated carbocycles. The second kappa shape index (κ2) is 11.0. The van der Waals surface area contributed by atoms with Crippen molar-refractivity contribution in [2.45, 2.75) is 48.1 Å². The van der Waals surface area contributed by atoms with Crippen molar-refractivity contribution in [2.75, 3.05) is 24.6 Å². The summed E-state index contributed by atoms with van der Waals surface area (Å²) in [5, 5.41) is 0.717. The predicted molar refractivity (Wildman–Crippen MR) is 165 cm³/mol. The number of aromatic amines is 1. The van der Waals surface area contributed by atoms with Gasteiger partial charge in [0.05, 0.1) is 28.1 Å². The van der Waals surface area contributed by atoms with Crippen LogP contribution in [0.15, 0.2) is 58.4 Å². The van der Waals surface area contributed by atoms with Crippen LogP contribution in [0.1, 0.15) is 47.6 Å². The van der Waals surface area contributed by atoms with Gasteiger partial charge in [0, 0.05) is 29.1 Å². The number of H-pyrrole nitrogens is 1. The molecule has 1 aromatic heterocycles. The summed E-state index contributed by atoms with van der Waals surface area (Å²) in [5.41, 5.74) is -0.0210. The van der Waals surface area contributed by atoms with Crippen LogP contribution >= 0.6 is 23.1 Å². The molecule has 0 spiro atoms. The van der Waals surface area contributed by atoms with E-state index in [1.165, 1.54) is 12.1 Å². The first-order valence-electron chi connectivity index (χ1n) is 15.6. The number of fused-ring (bicyclic) bond motifs is 9. The summed E-state index contributed by atoms with van der Waals surface area (Å²) in [5.74, 6) is -2.20. The number of alkyl halides is 3. The Morgan fingerprint density at radius 1 is 0.957 bits per heavy atom. The molecule has 8 rings (SSSR count). The molecule has 3 amide bonds. The molecule has 3 aliphatic heterocycles. The minimum Gasteiger partial charge on any atom is -0.484 e. The van der Waals surface area contributed by atoms with Gasteiger partial charge in [-0.25, -0.2) is 0 Å². The van der Waals surface area contributed by atoms with Crippen molar-refractivity contribution in [3.05, 3.63) is 74.2 Å². The van der Waals surface area contributed by atoms with Crippen molar-refractivity contribution >= 4 is 46.5 Å². The number of aromatic nitrogens is 1. The number of carbonyl (C=O) groups excluding carboxylic acids is 3. The molecule has 2 saturated heterocycles. The minimum atomic E-state index is -4.60. The highest BCUT2D eigenvalue weighted by molar-refractivity contribution is 8.00. The Morgan fingerprint density at radius 3 is 2.39 bits per heavy atom. The molecule has 13 heteroatoms. The number of thioether (sulfide) groups is 1. The number of hydrogen-bond acceptors (Lipinski definition) is 7. The molecule has 7 atom stereocenters. The first-order chi connectivity index (χ1) is 22.1. The fraction of sp³-hybridized carbons (Fsp3) is 0.455. The van der Waals surface area contributed by atoms with E-state index in [0.29, 0.717) is 12.2 Å². The molecule has 2 aromatic carbocycles. The Bertz CT molecular complexity index is 1780. The van der Waals surface area contributed by atoms with Crippen LogP contribution in [0.5, 0.6) is 5.75 Å². The van der Waals surface area contributed by atoms with Crippen molar-refractivity contribution in [1.29, 1.82) is 0 Å². The van der Waals surface area contributed by atoms with Crippen LogP contribution < -0.4 is 14.5 Å². The van der Waals surface area contributed by atoms with E-state index in [-0.39, 0.29) is 52.0 Å². The van der Waals surface area contributed by atoms with E-state index >= 15 is 0 Å². The average molecular weight is 670 g/mol. The SMILES string of the molecule is O=C(COc1ccc([C@H]2c3sc(=O)[nH]c3SC3C4CC(C5C(=O)N(c6cccc(C(F)(F)F)c6)C(=O)C45)C32)cc1)N1CCCCC1. The summed E-state index contributed by atoms with van der Waals surface area (Å²) >= 11 is 2.70. The maximum atomic E-state index is 13.9. The van der Waals surface area contributed by atoms with Gasteiger partial charge < -0.3 is 14.6 Å². The first-order valence-corrected chi connectivity index (χ1v) is 17.2. The van der Waals surface area contributed by atoms with Crippen molar-refractivity contribution < 1.29 is 32.3 Å². The van der Waals surface area contributed by atoms with Crippen LogP contribution in [0, 0.1) is 29.6 Å². The zero-order chi connectivity index (χ0) is 31.9. The number of rotatable bonds is 5. The quantitative estimate of drug-likeness (QED) is 0.359. The van der Waals surface area contributed by atoms with Gasteiger partial charge in [-0.2, -0.15) is 13.2 Å². The van der Waals surface area contributed by atoms with E-state index in [1.807, 2.05) is 29.2 Å². The maximum absolute atomic E-state index is 13.9. The van der Waals surface area contributed by atoms with Crippen molar-refractivity contribution in [1.82, 2.24) is 9.88 Å². The van der Waals surface area contributed by atoms with E-state index in [1.54, 1.807) is 11.8 Å². The van der Waals surface area contributed by atoms with E-state index in [0.717, 1.165) is 76.2 Å². The van der Waals surface area contributed by atoms with Gasteiger partial charge in [-0.1, -0.05) is 29.5 Å². The summed E-state index contributed by atoms with van der Waals surface area (Å²) < 4.78 is 46.3. The molecule has 4 heterocycles. The van der Waals surface area contributed by atoms with Crippen molar-refractivity contribution in [3.8, 4) is 5.75 Å². The number of nitrogens with zero attached hydrogens (tertiary/aromatic N) is 2. The Labute approximate surface area is 270 Å². The molecule has 2 bridgehead atoms. The Balaban J connectivity index is 1.08. The predicted octanol–water partition coefficient (Wildman–Crippen LogP) is 5.52. The molecule has 8 nitrogen and oxygen atoms in total. The molecule has 0 radical (unpaired) electrons. The third-order valence-corrected chi connectivity index (χ3v) is 13.1. The van der Waals surface area contributed by atoms with Gasteiger partial charge in [0.1, 0.15) is 5.75 Å². The van der Waals surface area contributed by atoms with Gasteiger partial charge in [-0.3, -0.25) is 24.1 Å². The van der Waals surface area contributed by atoms with Gasteiger partial charge in [0.15, 0.2) is 6.61 Å². The average Bonchev–Trinajstić information content (AvgIpc) is 3.79. The van der Waals surface area contributed by atoms with Gasteiger partial charge >= 0.3 is 11.0 Å². The third kappa shape index (κ3) is 4.71. The monoisotopic (exact) mass is 669 g/mol. The van der Waals surface area contributed by atoms with E-state index in [9.17, 15) is 32.3 Å². The number of imide groups is 1. The zero-order valence-corrected chi connectivity index (χ0v) is 26.1. The topological polar surface area (TPSA) is 99.8 Å². The standard InChI is InChI=1S/C33H30F3N3O5S2/c34-33(35,36)17-5-4-6-18(13-17)39-30(41)25-20-14-21(26(25)31(39)42)27-24(20)23(28-29(45-27)37-32(43)46-28)16-7-9-19(10-8-16)44-15-22(40)38-11-2-1-3-12-38/h4-10,13,20-21,23-27H,1-3,11-12,14-15H2,(H,37,43)/t20?,21?,23-,24?,25?,26?,27?/m1/s1. The second-order valence-electron chi connectivity index (χ2n) is 12.8. The third-order valence-electron chi connectivity index (χ3n) is 10.5. The van der Waals surface area contributed by atoms with Crippen molar-refractivity contribution in [2.24, 2.45) is 29.6 Å². The van der Waals surface area contributed by atoms with Gasteiger partial charge in [-0.15, -0.1) is 11.8 Å². The fourth-order valence-corrected chi connectivity index (χ4v) is 11.5. The Morgan fingerprint density at radius 2 is 1.67 bits per heavy atom. The molecule has 3 aromatic rings. The summed E-state index contributed by atoms with van der Waals surface area (Å²) in [7, 11) is 0. The second-order valence-corrected chi connectivity index (χ2v) is 15.0. The summed E-state index contributed by atoms with van der Waals surface area (Å²) in [6, 6.07) is 11.9. The first kappa shape index (κ1) is 29.8. The number of nitrogens with one attached hydrogen (secondary N) is 1. The lowest BCUT2D eigenvalue weighted by Crippen LogP contribution is -2.42. The number of amides is 3. The lowest BCUT2D eigenvalue weighted by atomic mass is 9.68. The van der Waals surface area contributed by atoms with Gasteiger partial charge in [-0.05, 0) is 79.3 Å². The summed E-state index contributed by atoms with van der Waals surface area (Å²) in [6.45, 7) is 1.46. The number of halogens is 3. The maximum Gasteiger partial charge on any atom is 0.416 e. The molecule has 4 fully saturated rings. The highest BCUT2D eigenvalue weighted by atomic mass is 32.2. The number of piperidine rings is 1. The minimum absolute atomic E-state index is 0.0378. The van der Waals surface area contributed by atoms with Crippen LogP contribution in [0.25, 0.3) is 0 Å². The van der Waals surface area contributed by atoms with E-state index < -0.39 is 35.4 Å². The van der Waals surface area contributed by atoms with Crippen LogP contribution in [-0.2, 0) is 20.6 Å². The number of carbonyl (C=O) groups is 3. The molecule has 1 N–H and O–H groups in total.